The van der Waals surface area contributed by atoms with Crippen LogP contribution < -0.4 is 15.2 Å². The quantitative estimate of drug-likeness (QED) is 0.865. The molecule has 1 aliphatic rings. The fraction of sp³-hybridized carbons (Fsp3) is 0.167. The number of aromatic nitrogens is 2. The number of nitrogens with zero attached hydrogens (tertiary/aromatic N) is 3. The van der Waals surface area contributed by atoms with Crippen molar-refractivity contribution in [1.29, 1.82) is 0 Å². The van der Waals surface area contributed by atoms with E-state index in [4.69, 9.17) is 10.5 Å². The fourth-order valence-electron chi connectivity index (χ4n) is 1.93. The summed E-state index contributed by atoms with van der Waals surface area (Å²) in [6.07, 6.45) is 3.58. The van der Waals surface area contributed by atoms with Gasteiger partial charge in [-0.05, 0) is 18.2 Å². The van der Waals surface area contributed by atoms with Crippen LogP contribution in [0.2, 0.25) is 0 Å². The topological polar surface area (TPSA) is 94.5 Å². The number of hydrogen-bond donors (Lipinski definition) is 2. The molecule has 1 unspecified atom stereocenters. The molecule has 0 spiro atoms. The Kier molecular flexibility index (Phi) is 3.38. The van der Waals surface area contributed by atoms with Crippen molar-refractivity contribution in [2.24, 2.45) is 10.1 Å². The molecule has 1 atom stereocenters. The number of anilines is 1. The molecule has 20 heavy (non-hydrogen) atoms. The Morgan fingerprint density at radius 3 is 3.10 bits per heavy atom. The van der Waals surface area contributed by atoms with Crippen molar-refractivity contribution in [2.45, 2.75) is 6.54 Å². The van der Waals surface area contributed by atoms with Gasteiger partial charge in [-0.25, -0.2) is 4.21 Å². The van der Waals surface area contributed by atoms with Gasteiger partial charge < -0.3 is 10.5 Å². The van der Waals surface area contributed by atoms with E-state index >= 15 is 0 Å². The summed E-state index contributed by atoms with van der Waals surface area (Å²) in [6, 6.07) is 7.26. The molecule has 0 amide bonds. The van der Waals surface area contributed by atoms with Gasteiger partial charge in [0.25, 0.3) is 0 Å². The number of benzene rings is 1. The van der Waals surface area contributed by atoms with Crippen LogP contribution in [-0.4, -0.2) is 26.4 Å². The van der Waals surface area contributed by atoms with E-state index in [1.165, 1.54) is 0 Å². The van der Waals surface area contributed by atoms with Gasteiger partial charge >= 0.3 is 0 Å². The molecule has 3 N–H and O–H groups in total. The number of fused-ring (bicyclic) bond motifs is 1. The normalized spacial score (nSPS) is 17.0. The van der Waals surface area contributed by atoms with Gasteiger partial charge in [0.1, 0.15) is 18.2 Å². The molecule has 0 radical (unpaired) electrons. The molecular formula is C12H13N5O2S. The van der Waals surface area contributed by atoms with Gasteiger partial charge in [0, 0.05) is 12.4 Å². The number of ether oxygens (including phenoxy) is 1. The summed E-state index contributed by atoms with van der Waals surface area (Å²) in [5, 5.41) is 4.10. The van der Waals surface area contributed by atoms with Gasteiger partial charge in [-0.2, -0.15) is 9.50 Å². The zero-order valence-corrected chi connectivity index (χ0v) is 11.3. The standard InChI is InChI=1S/C12H13N5O2S/c13-12-11-9(15-20(18)16-12)3-1-4-10(11)19-8-7-17-6-2-5-14-17/h1-6,15H,7-8H2,(H2,13,16). The van der Waals surface area contributed by atoms with E-state index in [9.17, 15) is 4.21 Å². The van der Waals surface area contributed by atoms with Crippen LogP contribution in [0.1, 0.15) is 5.56 Å². The van der Waals surface area contributed by atoms with Gasteiger partial charge in [-0.1, -0.05) is 6.07 Å². The molecule has 0 saturated carbocycles. The predicted molar refractivity (Wildman–Crippen MR) is 76.7 cm³/mol. The molecule has 104 valence electrons. The zero-order valence-electron chi connectivity index (χ0n) is 10.5. The Labute approximate surface area is 118 Å². The Balaban J connectivity index is 1.77. The van der Waals surface area contributed by atoms with E-state index in [-0.39, 0.29) is 5.84 Å². The van der Waals surface area contributed by atoms with Crippen molar-refractivity contribution in [3.63, 3.8) is 0 Å². The molecule has 1 aliphatic heterocycles. The minimum Gasteiger partial charge on any atom is -0.491 e. The maximum absolute atomic E-state index is 11.4. The van der Waals surface area contributed by atoms with Crippen molar-refractivity contribution in [1.82, 2.24) is 9.78 Å². The minimum atomic E-state index is -1.53. The second kappa shape index (κ2) is 5.33. The van der Waals surface area contributed by atoms with Crippen LogP contribution in [0.5, 0.6) is 5.75 Å². The second-order valence-corrected chi connectivity index (χ2v) is 5.01. The molecule has 3 rings (SSSR count). The molecule has 0 bridgehead atoms. The van der Waals surface area contributed by atoms with Crippen molar-refractivity contribution in [3.8, 4) is 5.75 Å². The summed E-state index contributed by atoms with van der Waals surface area (Å²) in [7, 11) is 0. The first kappa shape index (κ1) is 12.7. The lowest BCUT2D eigenvalue weighted by Gasteiger charge is -2.18. The average Bonchev–Trinajstić information content (AvgIpc) is 2.91. The van der Waals surface area contributed by atoms with Crippen LogP contribution >= 0.6 is 0 Å². The highest BCUT2D eigenvalue weighted by Crippen LogP contribution is 2.29. The third kappa shape index (κ3) is 2.50. The van der Waals surface area contributed by atoms with Gasteiger partial charge in [0.15, 0.2) is 0 Å². The van der Waals surface area contributed by atoms with Crippen LogP contribution in [0.3, 0.4) is 0 Å². The summed E-state index contributed by atoms with van der Waals surface area (Å²) >= 11 is -1.53. The SMILES string of the molecule is NC1=NS(=O)Nc2cccc(OCCn3cccn3)c21. The lowest BCUT2D eigenvalue weighted by atomic mass is 10.1. The molecule has 2 aromatic rings. The number of rotatable bonds is 4. The maximum Gasteiger partial charge on any atom is 0.245 e. The van der Waals surface area contributed by atoms with E-state index in [1.54, 1.807) is 23.0 Å². The molecule has 1 aromatic heterocycles. The number of nitrogens with one attached hydrogen (secondary N) is 1. The highest BCUT2D eigenvalue weighted by Gasteiger charge is 2.19. The molecule has 7 nitrogen and oxygen atoms in total. The molecule has 0 saturated heterocycles. The number of nitrogens with two attached hydrogens (primary N) is 1. The Morgan fingerprint density at radius 1 is 1.40 bits per heavy atom. The average molecular weight is 291 g/mol. The first-order chi connectivity index (χ1) is 9.74. The zero-order chi connectivity index (χ0) is 13.9. The third-order valence-corrected chi connectivity index (χ3v) is 3.56. The van der Waals surface area contributed by atoms with E-state index < -0.39 is 11.2 Å². The Bertz CT molecular complexity index is 668. The van der Waals surface area contributed by atoms with E-state index in [0.29, 0.717) is 30.2 Å². The Hall–Kier alpha value is -2.35. The summed E-state index contributed by atoms with van der Waals surface area (Å²) in [5.74, 6) is 0.826. The van der Waals surface area contributed by atoms with Crippen LogP contribution in [0.25, 0.3) is 0 Å². The van der Waals surface area contributed by atoms with E-state index in [0.717, 1.165) is 0 Å². The van der Waals surface area contributed by atoms with Gasteiger partial charge in [0.2, 0.25) is 11.2 Å². The monoisotopic (exact) mass is 291 g/mol. The van der Waals surface area contributed by atoms with Crippen molar-refractivity contribution in [3.05, 3.63) is 42.2 Å². The summed E-state index contributed by atoms with van der Waals surface area (Å²) in [4.78, 5) is 0. The largest absolute Gasteiger partial charge is 0.491 e. The van der Waals surface area contributed by atoms with Gasteiger partial charge in [0.05, 0.1) is 17.8 Å². The molecule has 1 aromatic carbocycles. The molecule has 0 fully saturated rings. The van der Waals surface area contributed by atoms with Crippen LogP contribution in [-0.2, 0) is 17.7 Å². The molecule has 0 aliphatic carbocycles. The lowest BCUT2D eigenvalue weighted by molar-refractivity contribution is 0.291. The van der Waals surface area contributed by atoms with E-state index in [1.807, 2.05) is 18.3 Å². The molecule has 2 heterocycles. The van der Waals surface area contributed by atoms with Crippen molar-refractivity contribution < 1.29 is 8.95 Å². The van der Waals surface area contributed by atoms with Gasteiger partial charge in [-0.3, -0.25) is 9.40 Å². The number of hydrogen-bond acceptors (Lipinski definition) is 4. The number of amidine groups is 1. The fourth-order valence-corrected chi connectivity index (χ4v) is 2.61. The first-order valence-electron chi connectivity index (χ1n) is 6.00. The minimum absolute atomic E-state index is 0.215. The van der Waals surface area contributed by atoms with Crippen molar-refractivity contribution >= 4 is 22.7 Å². The summed E-state index contributed by atoms with van der Waals surface area (Å²) in [5.41, 5.74) is 7.13. The Morgan fingerprint density at radius 2 is 2.30 bits per heavy atom. The predicted octanol–water partition coefficient (Wildman–Crippen LogP) is 0.672. The van der Waals surface area contributed by atoms with Crippen LogP contribution in [0.4, 0.5) is 5.69 Å². The van der Waals surface area contributed by atoms with Crippen LogP contribution in [0.15, 0.2) is 41.1 Å². The smallest absolute Gasteiger partial charge is 0.245 e. The maximum atomic E-state index is 11.4. The highest BCUT2D eigenvalue weighted by atomic mass is 32.2. The summed E-state index contributed by atoms with van der Waals surface area (Å²) in [6.45, 7) is 1.08. The highest BCUT2D eigenvalue weighted by molar-refractivity contribution is 7.85. The lowest BCUT2D eigenvalue weighted by Crippen LogP contribution is -2.24. The third-order valence-electron chi connectivity index (χ3n) is 2.80. The molecule has 8 heteroatoms. The second-order valence-electron chi connectivity index (χ2n) is 4.12. The first-order valence-corrected chi connectivity index (χ1v) is 7.11. The summed E-state index contributed by atoms with van der Waals surface area (Å²) < 4.78 is 25.4. The van der Waals surface area contributed by atoms with Gasteiger partial charge in [-0.15, -0.1) is 0 Å². The van der Waals surface area contributed by atoms with Crippen molar-refractivity contribution in [2.75, 3.05) is 11.3 Å². The van der Waals surface area contributed by atoms with Crippen LogP contribution in [0, 0.1) is 0 Å². The molecular weight excluding hydrogens is 278 g/mol. The van der Waals surface area contributed by atoms with E-state index in [2.05, 4.69) is 14.2 Å².